The van der Waals surface area contributed by atoms with E-state index in [-0.39, 0.29) is 5.91 Å². The first-order chi connectivity index (χ1) is 12.8. The van der Waals surface area contributed by atoms with Crippen molar-refractivity contribution in [3.63, 3.8) is 0 Å². The first-order valence-corrected chi connectivity index (χ1v) is 9.48. The number of piperidine rings is 1. The maximum absolute atomic E-state index is 12.4. The van der Waals surface area contributed by atoms with Crippen LogP contribution >= 0.6 is 0 Å². The van der Waals surface area contributed by atoms with Crippen LogP contribution in [0.4, 0.5) is 17.2 Å². The summed E-state index contributed by atoms with van der Waals surface area (Å²) in [4.78, 5) is 23.1. The van der Waals surface area contributed by atoms with Crippen LogP contribution in [-0.4, -0.2) is 35.5 Å². The Kier molecular flexibility index (Phi) is 6.41. The van der Waals surface area contributed by atoms with Gasteiger partial charge in [-0.15, -0.1) is 0 Å². The van der Waals surface area contributed by atoms with Gasteiger partial charge in [0, 0.05) is 37.1 Å². The number of hydrogen-bond donors (Lipinski definition) is 2. The molecule has 0 unspecified atom stereocenters. The number of carbonyl (C=O) groups is 1. The minimum atomic E-state index is -0.225. The molecular formula is C20H27N5O. The Hall–Kier alpha value is -2.63. The van der Waals surface area contributed by atoms with Crippen LogP contribution in [0.15, 0.2) is 36.7 Å². The Labute approximate surface area is 155 Å². The molecule has 3 rings (SSSR count). The van der Waals surface area contributed by atoms with Crippen molar-refractivity contribution >= 4 is 23.1 Å². The molecular weight excluding hydrogens is 326 g/mol. The molecule has 1 aromatic carbocycles. The highest BCUT2D eigenvalue weighted by Gasteiger charge is 2.12. The lowest BCUT2D eigenvalue weighted by molar-refractivity contribution is 0.102. The lowest BCUT2D eigenvalue weighted by Gasteiger charge is -2.28. The number of benzene rings is 1. The number of nitrogens with zero attached hydrogens (tertiary/aromatic N) is 3. The fraction of sp³-hybridized carbons (Fsp3) is 0.450. The first kappa shape index (κ1) is 18.2. The number of amides is 1. The van der Waals surface area contributed by atoms with E-state index in [9.17, 15) is 4.79 Å². The number of nitrogens with one attached hydrogen (secondary N) is 2. The monoisotopic (exact) mass is 353 g/mol. The quantitative estimate of drug-likeness (QED) is 0.738. The van der Waals surface area contributed by atoms with Gasteiger partial charge in [0.05, 0.1) is 0 Å². The lowest BCUT2D eigenvalue weighted by Crippen LogP contribution is -2.29. The zero-order valence-corrected chi connectivity index (χ0v) is 15.4. The molecule has 2 aromatic rings. The summed E-state index contributed by atoms with van der Waals surface area (Å²) in [5.41, 5.74) is 2.35. The lowest BCUT2D eigenvalue weighted by atomic mass is 10.1. The Morgan fingerprint density at radius 3 is 2.62 bits per heavy atom. The number of carbonyl (C=O) groups excluding carboxylic acids is 1. The Balaban J connectivity index is 1.59. The minimum Gasteiger partial charge on any atom is -0.372 e. The molecule has 1 aliphatic heterocycles. The summed E-state index contributed by atoms with van der Waals surface area (Å²) >= 11 is 0. The second-order valence-electron chi connectivity index (χ2n) is 6.62. The molecule has 1 aromatic heterocycles. The molecule has 0 spiro atoms. The van der Waals surface area contributed by atoms with Gasteiger partial charge >= 0.3 is 0 Å². The molecule has 26 heavy (non-hydrogen) atoms. The first-order valence-electron chi connectivity index (χ1n) is 9.48. The van der Waals surface area contributed by atoms with E-state index in [2.05, 4.69) is 44.6 Å². The van der Waals surface area contributed by atoms with E-state index in [4.69, 9.17) is 0 Å². The summed E-state index contributed by atoms with van der Waals surface area (Å²) in [7, 11) is 0. The van der Waals surface area contributed by atoms with Crippen molar-refractivity contribution in [1.29, 1.82) is 0 Å². The van der Waals surface area contributed by atoms with E-state index >= 15 is 0 Å². The molecule has 6 heteroatoms. The average Bonchev–Trinajstić information content (AvgIpc) is 2.70. The van der Waals surface area contributed by atoms with E-state index in [0.29, 0.717) is 11.5 Å². The second kappa shape index (κ2) is 9.17. The third kappa shape index (κ3) is 4.94. The van der Waals surface area contributed by atoms with Crippen molar-refractivity contribution in [3.8, 4) is 0 Å². The highest BCUT2D eigenvalue weighted by molar-refractivity contribution is 6.03. The van der Waals surface area contributed by atoms with Crippen molar-refractivity contribution in [2.45, 2.75) is 39.0 Å². The number of rotatable bonds is 7. The number of aromatic nitrogens is 2. The van der Waals surface area contributed by atoms with Crippen LogP contribution in [0.25, 0.3) is 0 Å². The summed E-state index contributed by atoms with van der Waals surface area (Å²) < 4.78 is 0. The van der Waals surface area contributed by atoms with E-state index in [1.807, 2.05) is 12.1 Å². The molecule has 138 valence electrons. The van der Waals surface area contributed by atoms with Gasteiger partial charge in [0.2, 0.25) is 0 Å². The second-order valence-corrected chi connectivity index (χ2v) is 6.62. The molecule has 2 heterocycles. The zero-order chi connectivity index (χ0) is 18.2. The Bertz CT molecular complexity index is 710. The van der Waals surface area contributed by atoms with Crippen LogP contribution in [0.1, 0.15) is 49.5 Å². The van der Waals surface area contributed by atoms with Crippen LogP contribution in [0, 0.1) is 0 Å². The van der Waals surface area contributed by atoms with Crippen LogP contribution in [0.2, 0.25) is 0 Å². The van der Waals surface area contributed by atoms with Crippen LogP contribution in [-0.2, 0) is 0 Å². The molecule has 0 saturated carbocycles. The summed E-state index contributed by atoms with van der Waals surface area (Å²) in [6, 6.07) is 9.72. The molecule has 1 aliphatic rings. The smallest absolute Gasteiger partial charge is 0.274 e. The van der Waals surface area contributed by atoms with Gasteiger partial charge in [-0.25, -0.2) is 9.97 Å². The maximum Gasteiger partial charge on any atom is 0.274 e. The largest absolute Gasteiger partial charge is 0.372 e. The van der Waals surface area contributed by atoms with E-state index in [0.717, 1.165) is 38.2 Å². The topological polar surface area (TPSA) is 70.2 Å². The van der Waals surface area contributed by atoms with Crippen molar-refractivity contribution in [1.82, 2.24) is 9.97 Å². The summed E-state index contributed by atoms with van der Waals surface area (Å²) in [5.74, 6) is 0.454. The summed E-state index contributed by atoms with van der Waals surface area (Å²) in [5, 5.41) is 6.12. The highest BCUT2D eigenvalue weighted by Crippen LogP contribution is 2.22. The maximum atomic E-state index is 12.4. The van der Waals surface area contributed by atoms with Gasteiger partial charge in [-0.05, 0) is 49.9 Å². The number of anilines is 3. The Morgan fingerprint density at radius 2 is 1.88 bits per heavy atom. The fourth-order valence-corrected chi connectivity index (χ4v) is 3.07. The van der Waals surface area contributed by atoms with Gasteiger partial charge in [-0.1, -0.05) is 13.3 Å². The summed E-state index contributed by atoms with van der Waals surface area (Å²) in [6.07, 6.45) is 7.41. The predicted molar refractivity (Wildman–Crippen MR) is 106 cm³/mol. The van der Waals surface area contributed by atoms with Gasteiger partial charge < -0.3 is 15.5 Å². The standard InChI is InChI=1S/C20H27N5O/c1-2-3-11-21-19-14-18(22-15-23-19)20(26)24-16-7-9-17(10-8-16)25-12-5-4-6-13-25/h7-10,14-15H,2-6,11-13H2,1H3,(H,24,26)(H,21,22,23). The van der Waals surface area contributed by atoms with Gasteiger partial charge in [0.1, 0.15) is 17.8 Å². The van der Waals surface area contributed by atoms with Gasteiger partial charge in [-0.3, -0.25) is 4.79 Å². The molecule has 2 N–H and O–H groups in total. The number of unbranched alkanes of at least 4 members (excludes halogenated alkanes) is 1. The zero-order valence-electron chi connectivity index (χ0n) is 15.4. The van der Waals surface area contributed by atoms with E-state index < -0.39 is 0 Å². The van der Waals surface area contributed by atoms with Gasteiger partial charge in [0.25, 0.3) is 5.91 Å². The SMILES string of the molecule is CCCCNc1cc(C(=O)Nc2ccc(N3CCCCC3)cc2)ncn1. The Morgan fingerprint density at radius 1 is 1.12 bits per heavy atom. The van der Waals surface area contributed by atoms with Crippen molar-refractivity contribution < 1.29 is 4.79 Å². The number of hydrogen-bond acceptors (Lipinski definition) is 5. The van der Waals surface area contributed by atoms with E-state index in [1.54, 1.807) is 6.07 Å². The molecule has 1 saturated heterocycles. The van der Waals surface area contributed by atoms with Crippen molar-refractivity contribution in [3.05, 3.63) is 42.4 Å². The molecule has 0 aliphatic carbocycles. The molecule has 0 bridgehead atoms. The third-order valence-corrected chi connectivity index (χ3v) is 4.58. The normalized spacial score (nSPS) is 14.1. The minimum absolute atomic E-state index is 0.225. The van der Waals surface area contributed by atoms with Crippen LogP contribution < -0.4 is 15.5 Å². The molecule has 0 radical (unpaired) electrons. The molecule has 0 atom stereocenters. The predicted octanol–water partition coefficient (Wildman–Crippen LogP) is 3.93. The average molecular weight is 353 g/mol. The summed E-state index contributed by atoms with van der Waals surface area (Å²) in [6.45, 7) is 5.20. The van der Waals surface area contributed by atoms with Crippen LogP contribution in [0.3, 0.4) is 0 Å². The van der Waals surface area contributed by atoms with Crippen LogP contribution in [0.5, 0.6) is 0 Å². The van der Waals surface area contributed by atoms with Crippen molar-refractivity contribution in [2.24, 2.45) is 0 Å². The van der Waals surface area contributed by atoms with Crippen molar-refractivity contribution in [2.75, 3.05) is 35.2 Å². The third-order valence-electron chi connectivity index (χ3n) is 4.58. The molecule has 1 amide bonds. The fourth-order valence-electron chi connectivity index (χ4n) is 3.07. The molecule has 1 fully saturated rings. The molecule has 6 nitrogen and oxygen atoms in total. The van der Waals surface area contributed by atoms with E-state index in [1.165, 1.54) is 31.3 Å². The highest BCUT2D eigenvalue weighted by atomic mass is 16.1. The van der Waals surface area contributed by atoms with Gasteiger partial charge in [-0.2, -0.15) is 0 Å². The van der Waals surface area contributed by atoms with Gasteiger partial charge in [0.15, 0.2) is 0 Å².